The molecule has 0 aromatic rings. The van der Waals surface area contributed by atoms with E-state index in [-0.39, 0.29) is 0 Å². The Bertz CT molecular complexity index is 205. The summed E-state index contributed by atoms with van der Waals surface area (Å²) in [4.78, 5) is 0. The molecule has 0 heterocycles. The van der Waals surface area contributed by atoms with Gasteiger partial charge >= 0.3 is 0 Å². The number of rotatable bonds is 12. The monoisotopic (exact) mass is 256 g/mol. The Labute approximate surface area is 113 Å². The largest absolute Gasteiger partial charge is 0.385 e. The van der Waals surface area contributed by atoms with Gasteiger partial charge in [0.25, 0.3) is 0 Å². The zero-order valence-electron chi connectivity index (χ0n) is 12.3. The third kappa shape index (κ3) is 6.17. The molecular weight excluding hydrogens is 224 g/mol. The van der Waals surface area contributed by atoms with Crippen LogP contribution in [-0.4, -0.2) is 33.4 Å². The molecular formula is C15H32N2O. The minimum absolute atomic E-state index is 0.581. The number of ether oxygens (including phenoxy) is 1. The highest BCUT2D eigenvalue weighted by molar-refractivity contribution is 4.94. The fraction of sp³-hybridized carbons (Fsp3) is 1.00. The first-order valence-electron chi connectivity index (χ1n) is 7.66. The maximum Gasteiger partial charge on any atom is 0.0468 e. The molecule has 3 heteroatoms. The smallest absolute Gasteiger partial charge is 0.0468 e. The molecule has 1 aliphatic carbocycles. The molecule has 0 aromatic heterocycles. The van der Waals surface area contributed by atoms with Crippen LogP contribution in [0, 0.1) is 11.3 Å². The Morgan fingerprint density at radius 1 is 1.33 bits per heavy atom. The second-order valence-corrected chi connectivity index (χ2v) is 5.91. The number of hydrogen-bond acceptors (Lipinski definition) is 3. The average Bonchev–Trinajstić information content (AvgIpc) is 3.15. The molecule has 0 bridgehead atoms. The molecule has 18 heavy (non-hydrogen) atoms. The molecule has 0 saturated heterocycles. The second-order valence-electron chi connectivity index (χ2n) is 5.91. The summed E-state index contributed by atoms with van der Waals surface area (Å²) >= 11 is 0. The molecule has 0 aliphatic heterocycles. The number of methoxy groups -OCH3 is 1. The van der Waals surface area contributed by atoms with Crippen LogP contribution >= 0.6 is 0 Å². The summed E-state index contributed by atoms with van der Waals surface area (Å²) in [5.41, 5.74) is 6.20. The van der Waals surface area contributed by atoms with Crippen molar-refractivity contribution >= 4 is 0 Å². The third-order valence-corrected chi connectivity index (χ3v) is 4.41. The molecule has 0 radical (unpaired) electrons. The van der Waals surface area contributed by atoms with Crippen LogP contribution in [0.25, 0.3) is 0 Å². The van der Waals surface area contributed by atoms with Gasteiger partial charge in [-0.15, -0.1) is 0 Å². The lowest BCUT2D eigenvalue weighted by molar-refractivity contribution is 0.171. The average molecular weight is 256 g/mol. The summed E-state index contributed by atoms with van der Waals surface area (Å²) in [5, 5.41) is 3.63. The Morgan fingerprint density at radius 3 is 2.67 bits per heavy atom. The molecule has 1 atom stereocenters. The van der Waals surface area contributed by atoms with Gasteiger partial charge in [-0.25, -0.2) is 0 Å². The van der Waals surface area contributed by atoms with Gasteiger partial charge in [0, 0.05) is 20.3 Å². The van der Waals surface area contributed by atoms with Crippen LogP contribution < -0.4 is 11.1 Å². The fourth-order valence-electron chi connectivity index (χ4n) is 2.67. The first kappa shape index (κ1) is 15.9. The van der Waals surface area contributed by atoms with E-state index in [9.17, 15) is 0 Å². The van der Waals surface area contributed by atoms with Gasteiger partial charge in [0.2, 0.25) is 0 Å². The Kier molecular flexibility index (Phi) is 7.87. The summed E-state index contributed by atoms with van der Waals surface area (Å²) in [6.07, 6.45) is 9.07. The Morgan fingerprint density at radius 2 is 2.11 bits per heavy atom. The highest BCUT2D eigenvalue weighted by atomic mass is 16.5. The molecule has 1 rings (SSSR count). The highest BCUT2D eigenvalue weighted by Gasteiger charge is 2.41. The molecule has 3 nitrogen and oxygen atoms in total. The third-order valence-electron chi connectivity index (χ3n) is 4.41. The van der Waals surface area contributed by atoms with Crippen LogP contribution in [0.1, 0.15) is 51.9 Å². The van der Waals surface area contributed by atoms with E-state index >= 15 is 0 Å². The lowest BCUT2D eigenvalue weighted by atomic mass is 9.96. The van der Waals surface area contributed by atoms with E-state index in [2.05, 4.69) is 12.2 Å². The fourth-order valence-corrected chi connectivity index (χ4v) is 2.67. The summed E-state index contributed by atoms with van der Waals surface area (Å²) < 4.78 is 5.18. The summed E-state index contributed by atoms with van der Waals surface area (Å²) in [6.45, 7) is 6.37. The van der Waals surface area contributed by atoms with Crippen molar-refractivity contribution in [2.24, 2.45) is 17.1 Å². The highest BCUT2D eigenvalue weighted by Crippen LogP contribution is 2.48. The van der Waals surface area contributed by atoms with E-state index in [0.717, 1.165) is 25.6 Å². The van der Waals surface area contributed by atoms with Gasteiger partial charge in [-0.3, -0.25) is 0 Å². The van der Waals surface area contributed by atoms with Gasteiger partial charge in [-0.2, -0.15) is 0 Å². The van der Waals surface area contributed by atoms with Crippen LogP contribution in [0.15, 0.2) is 0 Å². The maximum atomic E-state index is 5.62. The maximum absolute atomic E-state index is 5.62. The van der Waals surface area contributed by atoms with Crippen LogP contribution in [0.4, 0.5) is 0 Å². The second kappa shape index (κ2) is 8.89. The van der Waals surface area contributed by atoms with Crippen LogP contribution in [-0.2, 0) is 4.74 Å². The van der Waals surface area contributed by atoms with Crippen LogP contribution in [0.2, 0.25) is 0 Å². The number of nitrogens with one attached hydrogen (secondary N) is 1. The zero-order chi connectivity index (χ0) is 13.3. The molecule has 1 unspecified atom stereocenters. The van der Waals surface area contributed by atoms with Gasteiger partial charge in [0.15, 0.2) is 0 Å². The van der Waals surface area contributed by atoms with Gasteiger partial charge in [-0.05, 0) is 62.9 Å². The minimum Gasteiger partial charge on any atom is -0.385 e. The minimum atomic E-state index is 0.581. The van der Waals surface area contributed by atoms with Crippen molar-refractivity contribution in [2.75, 3.05) is 33.4 Å². The molecule has 1 fully saturated rings. The predicted molar refractivity (Wildman–Crippen MR) is 77.7 cm³/mol. The molecule has 1 aliphatic rings. The van der Waals surface area contributed by atoms with Crippen molar-refractivity contribution in [1.82, 2.24) is 5.32 Å². The van der Waals surface area contributed by atoms with E-state index in [0.29, 0.717) is 5.41 Å². The van der Waals surface area contributed by atoms with Crippen LogP contribution in [0.3, 0.4) is 0 Å². The zero-order valence-corrected chi connectivity index (χ0v) is 12.3. The molecule has 108 valence electrons. The predicted octanol–water partition coefficient (Wildman–Crippen LogP) is 2.55. The van der Waals surface area contributed by atoms with E-state index < -0.39 is 0 Å². The first-order chi connectivity index (χ1) is 8.76. The van der Waals surface area contributed by atoms with Gasteiger partial charge in [0.1, 0.15) is 0 Å². The quantitative estimate of drug-likeness (QED) is 0.528. The normalized spacial score (nSPS) is 18.8. The summed E-state index contributed by atoms with van der Waals surface area (Å²) in [6, 6.07) is 0. The van der Waals surface area contributed by atoms with E-state index in [4.69, 9.17) is 10.5 Å². The van der Waals surface area contributed by atoms with E-state index in [1.165, 1.54) is 51.5 Å². The van der Waals surface area contributed by atoms with Gasteiger partial charge < -0.3 is 15.8 Å². The van der Waals surface area contributed by atoms with Crippen molar-refractivity contribution in [3.8, 4) is 0 Å². The van der Waals surface area contributed by atoms with Gasteiger partial charge in [-0.1, -0.05) is 13.3 Å². The number of hydrogen-bond donors (Lipinski definition) is 2. The van der Waals surface area contributed by atoms with Crippen molar-refractivity contribution in [3.05, 3.63) is 0 Å². The summed E-state index contributed by atoms with van der Waals surface area (Å²) in [7, 11) is 1.80. The Balaban J connectivity index is 1.98. The SMILES string of the molecule is CCC(CCN)CCCNCC1(CCOC)CC1. The first-order valence-corrected chi connectivity index (χ1v) is 7.66. The van der Waals surface area contributed by atoms with Gasteiger partial charge in [0.05, 0.1) is 0 Å². The number of nitrogens with two attached hydrogens (primary N) is 1. The van der Waals surface area contributed by atoms with E-state index in [1.807, 2.05) is 0 Å². The van der Waals surface area contributed by atoms with E-state index in [1.54, 1.807) is 7.11 Å². The van der Waals surface area contributed by atoms with Crippen molar-refractivity contribution in [2.45, 2.75) is 51.9 Å². The molecule has 3 N–H and O–H groups in total. The Hall–Kier alpha value is -0.120. The molecule has 1 saturated carbocycles. The van der Waals surface area contributed by atoms with Crippen molar-refractivity contribution < 1.29 is 4.74 Å². The lowest BCUT2D eigenvalue weighted by Crippen LogP contribution is -2.26. The standard InChI is InChI=1S/C15H32N2O/c1-3-14(6-10-16)5-4-11-17-13-15(7-8-15)9-12-18-2/h14,17H,3-13,16H2,1-2H3. The van der Waals surface area contributed by atoms with Crippen LogP contribution in [0.5, 0.6) is 0 Å². The molecule has 0 amide bonds. The molecule has 0 spiro atoms. The molecule has 0 aromatic carbocycles. The topological polar surface area (TPSA) is 47.3 Å². The lowest BCUT2D eigenvalue weighted by Gasteiger charge is -2.17. The summed E-state index contributed by atoms with van der Waals surface area (Å²) in [5.74, 6) is 0.833. The van der Waals surface area contributed by atoms with Crippen molar-refractivity contribution in [3.63, 3.8) is 0 Å². The van der Waals surface area contributed by atoms with Crippen molar-refractivity contribution in [1.29, 1.82) is 0 Å².